The van der Waals surface area contributed by atoms with Crippen LogP contribution in [-0.2, 0) is 6.61 Å². The van der Waals surface area contributed by atoms with Gasteiger partial charge < -0.3 is 9.47 Å². The van der Waals surface area contributed by atoms with Crippen LogP contribution in [0.2, 0.25) is 0 Å². The number of hydrogen-bond donors (Lipinski definition) is 1. The highest BCUT2D eigenvalue weighted by Crippen LogP contribution is 2.15. The number of methoxy groups -OCH3 is 1. The van der Waals surface area contributed by atoms with E-state index in [1.54, 1.807) is 37.6 Å². The van der Waals surface area contributed by atoms with E-state index in [1.165, 1.54) is 5.56 Å². The van der Waals surface area contributed by atoms with E-state index in [4.69, 9.17) is 9.47 Å². The maximum absolute atomic E-state index is 12.1. The van der Waals surface area contributed by atoms with Gasteiger partial charge in [0.05, 0.1) is 13.3 Å². The van der Waals surface area contributed by atoms with Gasteiger partial charge in [-0.3, -0.25) is 4.79 Å². The van der Waals surface area contributed by atoms with E-state index >= 15 is 0 Å². The van der Waals surface area contributed by atoms with E-state index in [-0.39, 0.29) is 5.91 Å². The van der Waals surface area contributed by atoms with Gasteiger partial charge in [0.1, 0.15) is 18.1 Å². The van der Waals surface area contributed by atoms with Crippen LogP contribution in [0.4, 0.5) is 0 Å². The van der Waals surface area contributed by atoms with E-state index in [0.717, 1.165) is 16.9 Å². The number of aryl methyl sites for hydroxylation is 1. The zero-order chi connectivity index (χ0) is 19.8. The van der Waals surface area contributed by atoms with Gasteiger partial charge in [0.15, 0.2) is 0 Å². The van der Waals surface area contributed by atoms with E-state index in [1.807, 2.05) is 24.3 Å². The van der Waals surface area contributed by atoms with Crippen molar-refractivity contribution in [2.45, 2.75) is 13.5 Å². The average molecular weight is 374 g/mol. The Bertz CT molecular complexity index is 966. The van der Waals surface area contributed by atoms with Gasteiger partial charge in [-0.15, -0.1) is 0 Å². The normalized spacial score (nSPS) is 10.6. The molecule has 0 aromatic heterocycles. The van der Waals surface area contributed by atoms with Gasteiger partial charge >= 0.3 is 0 Å². The zero-order valence-corrected chi connectivity index (χ0v) is 15.9. The predicted octanol–water partition coefficient (Wildman–Crippen LogP) is 4.35. The molecule has 1 N–H and O–H groups in total. The lowest BCUT2D eigenvalue weighted by atomic mass is 10.2. The molecule has 0 fully saturated rings. The van der Waals surface area contributed by atoms with Crippen molar-refractivity contribution >= 4 is 12.1 Å². The van der Waals surface area contributed by atoms with Gasteiger partial charge in [0.25, 0.3) is 5.91 Å². The number of hydrogen-bond acceptors (Lipinski definition) is 4. The van der Waals surface area contributed by atoms with Crippen molar-refractivity contribution in [3.05, 3.63) is 95.1 Å². The van der Waals surface area contributed by atoms with Crippen molar-refractivity contribution in [3.8, 4) is 11.5 Å². The third-order valence-electron chi connectivity index (χ3n) is 4.10. The molecule has 0 atom stereocenters. The number of benzene rings is 3. The number of amides is 1. The highest BCUT2D eigenvalue weighted by molar-refractivity contribution is 5.95. The van der Waals surface area contributed by atoms with Crippen LogP contribution in [0.3, 0.4) is 0 Å². The van der Waals surface area contributed by atoms with Gasteiger partial charge in [0, 0.05) is 5.56 Å². The minimum absolute atomic E-state index is 0.304. The first-order valence-corrected chi connectivity index (χ1v) is 8.90. The highest BCUT2D eigenvalue weighted by atomic mass is 16.5. The Morgan fingerprint density at radius 2 is 1.75 bits per heavy atom. The first-order valence-electron chi connectivity index (χ1n) is 8.90. The van der Waals surface area contributed by atoms with Gasteiger partial charge in [0.2, 0.25) is 0 Å². The first-order chi connectivity index (χ1) is 13.6. The van der Waals surface area contributed by atoms with Crippen molar-refractivity contribution in [3.63, 3.8) is 0 Å². The van der Waals surface area contributed by atoms with E-state index in [2.05, 4.69) is 41.7 Å². The number of carbonyl (C=O) groups excluding carboxylic acids is 1. The Kier molecular flexibility index (Phi) is 6.41. The Morgan fingerprint density at radius 3 is 2.54 bits per heavy atom. The lowest BCUT2D eigenvalue weighted by molar-refractivity contribution is 0.0955. The summed E-state index contributed by atoms with van der Waals surface area (Å²) in [6.45, 7) is 2.55. The molecule has 3 aromatic carbocycles. The molecule has 3 rings (SSSR count). The molecule has 142 valence electrons. The topological polar surface area (TPSA) is 59.9 Å². The molecule has 1 amide bonds. The third-order valence-corrected chi connectivity index (χ3v) is 4.10. The first kappa shape index (κ1) is 19.2. The Balaban J connectivity index is 1.57. The van der Waals surface area contributed by atoms with Crippen LogP contribution < -0.4 is 14.9 Å². The standard InChI is InChI=1S/C23H22N2O3/c1-17-9-11-18(12-10-17)16-28-22-8-3-5-19(13-22)15-24-25-23(26)20-6-4-7-21(14-20)27-2/h3-15H,16H2,1-2H3,(H,25,26)/b24-15-. The lowest BCUT2D eigenvalue weighted by Crippen LogP contribution is -2.17. The number of carbonyl (C=O) groups is 1. The maximum atomic E-state index is 12.1. The molecule has 5 nitrogen and oxygen atoms in total. The van der Waals surface area contributed by atoms with E-state index in [9.17, 15) is 4.79 Å². The minimum atomic E-state index is -0.304. The summed E-state index contributed by atoms with van der Waals surface area (Å²) in [4.78, 5) is 12.1. The van der Waals surface area contributed by atoms with Crippen molar-refractivity contribution in [1.29, 1.82) is 0 Å². The van der Waals surface area contributed by atoms with Crippen molar-refractivity contribution in [2.24, 2.45) is 5.10 Å². The number of rotatable bonds is 7. The Hall–Kier alpha value is -3.60. The Labute approximate surface area is 164 Å². The molecule has 0 aliphatic heterocycles. The number of nitrogens with one attached hydrogen (secondary N) is 1. The summed E-state index contributed by atoms with van der Waals surface area (Å²) < 4.78 is 11.0. The highest BCUT2D eigenvalue weighted by Gasteiger charge is 2.05. The minimum Gasteiger partial charge on any atom is -0.497 e. The van der Waals surface area contributed by atoms with Crippen LogP contribution >= 0.6 is 0 Å². The lowest BCUT2D eigenvalue weighted by Gasteiger charge is -2.07. The molecule has 0 radical (unpaired) electrons. The van der Waals surface area contributed by atoms with E-state index < -0.39 is 0 Å². The maximum Gasteiger partial charge on any atom is 0.271 e. The zero-order valence-electron chi connectivity index (χ0n) is 15.9. The average Bonchev–Trinajstić information content (AvgIpc) is 2.73. The smallest absolute Gasteiger partial charge is 0.271 e. The predicted molar refractivity (Wildman–Crippen MR) is 110 cm³/mol. The van der Waals surface area contributed by atoms with Crippen molar-refractivity contribution in [2.75, 3.05) is 7.11 Å². The Morgan fingerprint density at radius 1 is 1.00 bits per heavy atom. The van der Waals surface area contributed by atoms with Crippen LogP contribution in [0.5, 0.6) is 11.5 Å². The summed E-state index contributed by atoms with van der Waals surface area (Å²) in [5, 5.41) is 4.02. The molecule has 0 saturated heterocycles. The third kappa shape index (κ3) is 5.45. The molecule has 0 bridgehead atoms. The summed E-state index contributed by atoms with van der Waals surface area (Å²) >= 11 is 0. The monoisotopic (exact) mass is 374 g/mol. The number of ether oxygens (including phenoxy) is 2. The second-order valence-corrected chi connectivity index (χ2v) is 6.28. The van der Waals surface area contributed by atoms with E-state index in [0.29, 0.717) is 17.9 Å². The van der Waals surface area contributed by atoms with Gasteiger partial charge in [-0.25, -0.2) is 5.43 Å². The summed E-state index contributed by atoms with van der Waals surface area (Å²) in [7, 11) is 1.56. The summed E-state index contributed by atoms with van der Waals surface area (Å²) in [5.41, 5.74) is 6.15. The van der Waals surface area contributed by atoms with Crippen LogP contribution in [-0.4, -0.2) is 19.2 Å². The molecule has 0 spiro atoms. The summed E-state index contributed by atoms with van der Waals surface area (Å²) in [6.07, 6.45) is 1.58. The van der Waals surface area contributed by atoms with Crippen LogP contribution in [0.15, 0.2) is 77.9 Å². The molecule has 0 heterocycles. The largest absolute Gasteiger partial charge is 0.497 e. The molecular weight excluding hydrogens is 352 g/mol. The second kappa shape index (κ2) is 9.37. The van der Waals surface area contributed by atoms with Crippen LogP contribution in [0, 0.1) is 6.92 Å². The fourth-order valence-corrected chi connectivity index (χ4v) is 2.53. The fraction of sp³-hybridized carbons (Fsp3) is 0.130. The molecule has 28 heavy (non-hydrogen) atoms. The van der Waals surface area contributed by atoms with Crippen molar-refractivity contribution < 1.29 is 14.3 Å². The van der Waals surface area contributed by atoms with Gasteiger partial charge in [-0.05, 0) is 48.4 Å². The summed E-state index contributed by atoms with van der Waals surface area (Å²) in [5.74, 6) is 1.06. The summed E-state index contributed by atoms with van der Waals surface area (Å²) in [6, 6.07) is 22.7. The van der Waals surface area contributed by atoms with Crippen LogP contribution in [0.1, 0.15) is 27.0 Å². The molecule has 3 aromatic rings. The molecular formula is C23H22N2O3. The number of nitrogens with zero attached hydrogens (tertiary/aromatic N) is 1. The second-order valence-electron chi connectivity index (χ2n) is 6.28. The van der Waals surface area contributed by atoms with Gasteiger partial charge in [-0.1, -0.05) is 48.0 Å². The quantitative estimate of drug-likeness (QED) is 0.494. The van der Waals surface area contributed by atoms with Crippen LogP contribution in [0.25, 0.3) is 0 Å². The van der Waals surface area contributed by atoms with Crippen molar-refractivity contribution in [1.82, 2.24) is 5.43 Å². The van der Waals surface area contributed by atoms with Gasteiger partial charge in [-0.2, -0.15) is 5.10 Å². The SMILES string of the molecule is COc1cccc(C(=O)N/N=C\c2cccc(OCc3ccc(C)cc3)c2)c1. The molecule has 0 aliphatic rings. The molecule has 0 unspecified atom stereocenters. The number of hydrazone groups is 1. The fourth-order valence-electron chi connectivity index (χ4n) is 2.53. The molecule has 5 heteroatoms. The molecule has 0 aliphatic carbocycles. The molecule has 0 saturated carbocycles.